The van der Waals surface area contributed by atoms with Crippen molar-refractivity contribution in [1.29, 1.82) is 0 Å². The molecule has 0 aliphatic rings. The minimum absolute atomic E-state index is 0.396. The highest BCUT2D eigenvalue weighted by molar-refractivity contribution is 5.14. The molecule has 2 rings (SSSR count). The van der Waals surface area contributed by atoms with E-state index in [-0.39, 0.29) is 0 Å². The molecular formula is C13H16N2O2. The first-order chi connectivity index (χ1) is 8.38. The van der Waals surface area contributed by atoms with Gasteiger partial charge in [0.15, 0.2) is 5.76 Å². The zero-order valence-corrected chi connectivity index (χ0v) is 9.63. The molecule has 2 N–H and O–H groups in total. The van der Waals surface area contributed by atoms with Crippen molar-refractivity contribution >= 4 is 0 Å². The molecule has 0 saturated heterocycles. The third-order valence-electron chi connectivity index (χ3n) is 2.44. The van der Waals surface area contributed by atoms with Crippen LogP contribution in [0.15, 0.2) is 40.9 Å². The molecule has 0 saturated carbocycles. The highest BCUT2D eigenvalue weighted by Crippen LogP contribution is 2.05. The van der Waals surface area contributed by atoms with Gasteiger partial charge in [-0.2, -0.15) is 0 Å². The van der Waals surface area contributed by atoms with E-state index in [4.69, 9.17) is 15.0 Å². The average molecular weight is 232 g/mol. The molecule has 90 valence electrons. The summed E-state index contributed by atoms with van der Waals surface area (Å²) in [5.74, 6) is 0.721. The molecule has 0 bridgehead atoms. The molecule has 0 aliphatic carbocycles. The summed E-state index contributed by atoms with van der Waals surface area (Å²) in [5.41, 5.74) is 7.46. The number of hydrogen-bond donors (Lipinski definition) is 1. The van der Waals surface area contributed by atoms with Gasteiger partial charge in [0, 0.05) is 12.6 Å². The van der Waals surface area contributed by atoms with Gasteiger partial charge in [-0.25, -0.2) is 0 Å². The highest BCUT2D eigenvalue weighted by atomic mass is 16.5. The first-order valence-corrected chi connectivity index (χ1v) is 5.64. The number of nitrogens with zero attached hydrogens (tertiary/aromatic N) is 1. The van der Waals surface area contributed by atoms with Crippen LogP contribution in [0.5, 0.6) is 0 Å². The second-order valence-corrected chi connectivity index (χ2v) is 3.78. The summed E-state index contributed by atoms with van der Waals surface area (Å²) in [6.07, 6.45) is 0.902. The van der Waals surface area contributed by atoms with Crippen molar-refractivity contribution in [1.82, 2.24) is 5.16 Å². The number of nitrogens with two attached hydrogens (primary N) is 1. The van der Waals surface area contributed by atoms with Crippen LogP contribution in [0.25, 0.3) is 0 Å². The summed E-state index contributed by atoms with van der Waals surface area (Å²) < 4.78 is 10.6. The Morgan fingerprint density at radius 3 is 2.76 bits per heavy atom. The van der Waals surface area contributed by atoms with Crippen LogP contribution in [0.3, 0.4) is 0 Å². The maximum atomic E-state index is 5.51. The predicted molar refractivity (Wildman–Crippen MR) is 64.2 cm³/mol. The Balaban J connectivity index is 1.69. The van der Waals surface area contributed by atoms with Gasteiger partial charge in [-0.05, 0) is 12.0 Å². The molecule has 4 nitrogen and oxygen atoms in total. The van der Waals surface area contributed by atoms with Gasteiger partial charge in [-0.3, -0.25) is 0 Å². The number of aromatic nitrogens is 1. The summed E-state index contributed by atoms with van der Waals surface area (Å²) in [4.78, 5) is 0. The number of hydrogen-bond acceptors (Lipinski definition) is 4. The van der Waals surface area contributed by atoms with Gasteiger partial charge in [0.1, 0.15) is 6.61 Å². The Morgan fingerprint density at radius 1 is 1.24 bits per heavy atom. The molecule has 17 heavy (non-hydrogen) atoms. The molecule has 0 atom stereocenters. The van der Waals surface area contributed by atoms with E-state index >= 15 is 0 Å². The summed E-state index contributed by atoms with van der Waals surface area (Å²) in [7, 11) is 0. The van der Waals surface area contributed by atoms with Crippen LogP contribution in [0.4, 0.5) is 0 Å². The molecular weight excluding hydrogens is 216 g/mol. The third-order valence-corrected chi connectivity index (χ3v) is 2.44. The molecule has 1 heterocycles. The third kappa shape index (κ3) is 3.69. The lowest BCUT2D eigenvalue weighted by atomic mass is 10.2. The molecule has 0 unspecified atom stereocenters. The van der Waals surface area contributed by atoms with E-state index in [1.54, 1.807) is 0 Å². The van der Waals surface area contributed by atoms with Crippen LogP contribution in [0.1, 0.15) is 17.0 Å². The van der Waals surface area contributed by atoms with E-state index in [1.807, 2.05) is 24.3 Å². The normalized spacial score (nSPS) is 10.6. The lowest BCUT2D eigenvalue weighted by molar-refractivity contribution is 0.104. The second kappa shape index (κ2) is 6.18. The fourth-order valence-electron chi connectivity index (χ4n) is 1.53. The van der Waals surface area contributed by atoms with Crippen LogP contribution in [-0.4, -0.2) is 11.8 Å². The standard InChI is InChI=1S/C13H16N2O2/c14-9-12-8-13(17-15-12)10-16-7-6-11-4-2-1-3-5-11/h1-5,8H,6-7,9-10,14H2. The van der Waals surface area contributed by atoms with Crippen LogP contribution in [-0.2, 0) is 24.3 Å². The SMILES string of the molecule is NCc1cc(COCCc2ccccc2)on1. The summed E-state index contributed by atoms with van der Waals surface area (Å²) >= 11 is 0. The fraction of sp³-hybridized carbons (Fsp3) is 0.308. The first-order valence-electron chi connectivity index (χ1n) is 5.64. The van der Waals surface area contributed by atoms with Gasteiger partial charge in [-0.1, -0.05) is 35.5 Å². The average Bonchev–Trinajstić information content (AvgIpc) is 2.84. The zero-order valence-electron chi connectivity index (χ0n) is 9.63. The molecule has 0 amide bonds. The molecule has 0 radical (unpaired) electrons. The van der Waals surface area contributed by atoms with Gasteiger partial charge in [0.05, 0.1) is 12.3 Å². The van der Waals surface area contributed by atoms with E-state index in [1.165, 1.54) is 5.56 Å². The van der Waals surface area contributed by atoms with Crippen molar-refractivity contribution in [3.8, 4) is 0 Å². The maximum absolute atomic E-state index is 5.51. The first kappa shape index (κ1) is 11.8. The predicted octanol–water partition coefficient (Wildman–Crippen LogP) is 1.89. The molecule has 4 heteroatoms. The van der Waals surface area contributed by atoms with Gasteiger partial charge in [0.25, 0.3) is 0 Å². The van der Waals surface area contributed by atoms with Crippen molar-refractivity contribution in [2.24, 2.45) is 5.73 Å². The minimum atomic E-state index is 0.396. The quantitative estimate of drug-likeness (QED) is 0.773. The lowest BCUT2D eigenvalue weighted by Gasteiger charge is -2.01. The molecule has 0 spiro atoms. The zero-order chi connectivity index (χ0) is 11.9. The van der Waals surface area contributed by atoms with Gasteiger partial charge >= 0.3 is 0 Å². The molecule has 1 aromatic heterocycles. The Labute approximate surface area is 100 Å². The van der Waals surface area contributed by atoms with E-state index < -0.39 is 0 Å². The fourth-order valence-corrected chi connectivity index (χ4v) is 1.53. The Bertz CT molecular complexity index is 440. The summed E-state index contributed by atoms with van der Waals surface area (Å²) in [6, 6.07) is 12.1. The van der Waals surface area contributed by atoms with E-state index in [9.17, 15) is 0 Å². The lowest BCUT2D eigenvalue weighted by Crippen LogP contribution is -1.98. The Hall–Kier alpha value is -1.65. The number of ether oxygens (including phenoxy) is 1. The van der Waals surface area contributed by atoms with Crippen molar-refractivity contribution < 1.29 is 9.26 Å². The van der Waals surface area contributed by atoms with Crippen molar-refractivity contribution in [3.63, 3.8) is 0 Å². The van der Waals surface area contributed by atoms with E-state index in [0.29, 0.717) is 19.8 Å². The second-order valence-electron chi connectivity index (χ2n) is 3.78. The smallest absolute Gasteiger partial charge is 0.162 e. The van der Waals surface area contributed by atoms with Crippen molar-refractivity contribution in [2.75, 3.05) is 6.61 Å². The van der Waals surface area contributed by atoms with Crippen LogP contribution in [0.2, 0.25) is 0 Å². The van der Waals surface area contributed by atoms with Crippen molar-refractivity contribution in [3.05, 3.63) is 53.4 Å². The Kier molecular flexibility index (Phi) is 4.30. The van der Waals surface area contributed by atoms with E-state index in [0.717, 1.165) is 17.9 Å². The van der Waals surface area contributed by atoms with E-state index in [2.05, 4.69) is 17.3 Å². The van der Waals surface area contributed by atoms with Gasteiger partial charge < -0.3 is 15.0 Å². The molecule has 1 aromatic carbocycles. The van der Waals surface area contributed by atoms with Gasteiger partial charge in [-0.15, -0.1) is 0 Å². The number of rotatable bonds is 6. The largest absolute Gasteiger partial charge is 0.373 e. The summed E-state index contributed by atoms with van der Waals surface area (Å²) in [5, 5.41) is 3.79. The summed E-state index contributed by atoms with van der Waals surface area (Å²) in [6.45, 7) is 1.51. The van der Waals surface area contributed by atoms with Crippen LogP contribution >= 0.6 is 0 Å². The molecule has 2 aromatic rings. The Morgan fingerprint density at radius 2 is 2.06 bits per heavy atom. The molecule has 0 fully saturated rings. The maximum Gasteiger partial charge on any atom is 0.162 e. The highest BCUT2D eigenvalue weighted by Gasteiger charge is 2.02. The minimum Gasteiger partial charge on any atom is -0.373 e. The van der Waals surface area contributed by atoms with Crippen molar-refractivity contribution in [2.45, 2.75) is 19.6 Å². The number of benzene rings is 1. The molecule has 0 aliphatic heterocycles. The van der Waals surface area contributed by atoms with Crippen LogP contribution < -0.4 is 5.73 Å². The topological polar surface area (TPSA) is 61.3 Å². The van der Waals surface area contributed by atoms with Gasteiger partial charge in [0.2, 0.25) is 0 Å². The monoisotopic (exact) mass is 232 g/mol. The van der Waals surface area contributed by atoms with Crippen LogP contribution in [0, 0.1) is 0 Å².